The molecule has 0 heterocycles. The Labute approximate surface area is 79.5 Å². The van der Waals surface area contributed by atoms with Crippen molar-refractivity contribution in [1.29, 1.82) is 0 Å². The molecule has 0 atom stereocenters. The molecule has 72 valence electrons. The fraction of sp³-hybridized carbons (Fsp3) is 1.00. The first kappa shape index (κ1) is 12.5. The third-order valence-corrected chi connectivity index (χ3v) is 7.89. The van der Waals surface area contributed by atoms with E-state index < -0.39 is 26.9 Å². The molecular formula is C6H18O3Si3. The Morgan fingerprint density at radius 3 is 1.58 bits per heavy atom. The fourth-order valence-electron chi connectivity index (χ4n) is 0.803. The lowest BCUT2D eigenvalue weighted by Gasteiger charge is -2.26. The van der Waals surface area contributed by atoms with E-state index >= 15 is 0 Å². The molecule has 0 aliphatic heterocycles. The number of hydrogen-bond donors (Lipinski definition) is 1. The van der Waals surface area contributed by atoms with Crippen molar-refractivity contribution in [2.24, 2.45) is 0 Å². The van der Waals surface area contributed by atoms with E-state index in [9.17, 15) is 4.80 Å². The zero-order valence-electron chi connectivity index (χ0n) is 8.47. The van der Waals surface area contributed by atoms with Crippen molar-refractivity contribution >= 4 is 26.9 Å². The molecule has 0 aromatic rings. The van der Waals surface area contributed by atoms with Crippen molar-refractivity contribution < 1.29 is 13.0 Å². The van der Waals surface area contributed by atoms with Crippen molar-refractivity contribution in [3.05, 3.63) is 0 Å². The van der Waals surface area contributed by atoms with Crippen LogP contribution in [-0.2, 0) is 8.23 Å². The highest BCUT2D eigenvalue weighted by atomic mass is 28.5. The molecule has 2 radical (unpaired) electrons. The minimum Gasteiger partial charge on any atom is -0.416 e. The Bertz CT molecular complexity index is 119. The summed E-state index contributed by atoms with van der Waals surface area (Å²) < 4.78 is 11.0. The van der Waals surface area contributed by atoms with E-state index in [1.54, 1.807) is 0 Å². The van der Waals surface area contributed by atoms with Crippen molar-refractivity contribution in [2.75, 3.05) is 0 Å². The maximum Gasteiger partial charge on any atom is 0.476 e. The van der Waals surface area contributed by atoms with Crippen LogP contribution in [0.4, 0.5) is 0 Å². The van der Waals surface area contributed by atoms with E-state index in [-0.39, 0.29) is 0 Å². The zero-order valence-corrected chi connectivity index (χ0v) is 11.5. The summed E-state index contributed by atoms with van der Waals surface area (Å²) >= 11 is 0. The van der Waals surface area contributed by atoms with Crippen LogP contribution in [0.25, 0.3) is 0 Å². The van der Waals surface area contributed by atoms with Crippen LogP contribution in [0.3, 0.4) is 0 Å². The molecule has 3 nitrogen and oxygen atoms in total. The first-order valence-electron chi connectivity index (χ1n) is 4.10. The lowest BCUT2D eigenvalue weighted by Crippen LogP contribution is -2.47. The predicted octanol–water partition coefficient (Wildman–Crippen LogP) is 1.47. The maximum absolute atomic E-state index is 9.91. The molecule has 0 saturated heterocycles. The Kier molecular flexibility index (Phi) is 5.54. The summed E-state index contributed by atoms with van der Waals surface area (Å²) in [6.45, 7) is 9.97. The molecule has 0 aromatic carbocycles. The predicted molar refractivity (Wildman–Crippen MR) is 55.6 cm³/mol. The highest BCUT2D eigenvalue weighted by molar-refractivity contribution is 6.74. The second-order valence-electron chi connectivity index (χ2n) is 3.09. The van der Waals surface area contributed by atoms with Crippen molar-refractivity contribution in [3.63, 3.8) is 0 Å². The Morgan fingerprint density at radius 2 is 1.42 bits per heavy atom. The Hall–Kier alpha value is 0.531. The normalized spacial score (nSPS) is 13.0. The average Bonchev–Trinajstić information content (AvgIpc) is 1.83. The molecule has 0 aliphatic carbocycles. The molecule has 0 spiro atoms. The third kappa shape index (κ3) is 5.22. The van der Waals surface area contributed by atoms with Gasteiger partial charge in [-0.05, 0) is 26.2 Å². The fourth-order valence-corrected chi connectivity index (χ4v) is 7.60. The van der Waals surface area contributed by atoms with Gasteiger partial charge in [0.05, 0.1) is 0 Å². The summed E-state index contributed by atoms with van der Waals surface area (Å²) in [4.78, 5) is 9.91. The van der Waals surface area contributed by atoms with Crippen LogP contribution in [0.15, 0.2) is 0 Å². The van der Waals surface area contributed by atoms with Gasteiger partial charge in [-0.1, -0.05) is 6.92 Å². The maximum atomic E-state index is 9.91. The van der Waals surface area contributed by atoms with Gasteiger partial charge in [0.25, 0.3) is 0 Å². The summed E-state index contributed by atoms with van der Waals surface area (Å²) in [5.41, 5.74) is 0. The van der Waals surface area contributed by atoms with Gasteiger partial charge in [-0.3, -0.25) is 0 Å². The van der Waals surface area contributed by atoms with Crippen LogP contribution in [0.5, 0.6) is 0 Å². The average molecular weight is 222 g/mol. The SMILES string of the molecule is CC[Si](O)(O[Si](C)C)O[Si](C)C. The van der Waals surface area contributed by atoms with Crippen LogP contribution in [0.1, 0.15) is 6.92 Å². The first-order chi connectivity index (χ1) is 5.39. The molecule has 0 unspecified atom stereocenters. The lowest BCUT2D eigenvalue weighted by molar-refractivity contribution is 0.256. The Morgan fingerprint density at radius 1 is 1.08 bits per heavy atom. The molecule has 0 amide bonds. The smallest absolute Gasteiger partial charge is 0.416 e. The quantitative estimate of drug-likeness (QED) is 0.716. The minimum atomic E-state index is -2.76. The van der Waals surface area contributed by atoms with Gasteiger partial charge in [-0.15, -0.1) is 0 Å². The Balaban J connectivity index is 4.04. The van der Waals surface area contributed by atoms with Crippen molar-refractivity contribution in [2.45, 2.75) is 39.2 Å². The molecule has 0 aliphatic rings. The van der Waals surface area contributed by atoms with Gasteiger partial charge in [0.2, 0.25) is 0 Å². The molecule has 0 aromatic heterocycles. The van der Waals surface area contributed by atoms with Crippen LogP contribution < -0.4 is 0 Å². The third-order valence-electron chi connectivity index (χ3n) is 1.17. The van der Waals surface area contributed by atoms with Gasteiger partial charge in [-0.2, -0.15) is 0 Å². The van der Waals surface area contributed by atoms with E-state index in [1.807, 2.05) is 33.1 Å². The standard InChI is InChI=1S/C6H18O3Si3/c1-6-12(7,8-10(2)3)9-11(4)5/h7H,6H2,1-5H3. The second kappa shape index (κ2) is 5.30. The van der Waals surface area contributed by atoms with E-state index in [0.29, 0.717) is 6.04 Å². The molecule has 6 heteroatoms. The van der Waals surface area contributed by atoms with E-state index in [0.717, 1.165) is 0 Å². The second-order valence-corrected chi connectivity index (χ2v) is 10.5. The summed E-state index contributed by atoms with van der Waals surface area (Å²) in [6, 6.07) is 0.624. The monoisotopic (exact) mass is 222 g/mol. The van der Waals surface area contributed by atoms with E-state index in [2.05, 4.69) is 0 Å². The molecule has 0 fully saturated rings. The molecular weight excluding hydrogens is 204 g/mol. The van der Waals surface area contributed by atoms with Crippen LogP contribution in [0, 0.1) is 0 Å². The zero-order chi connectivity index (χ0) is 9.78. The van der Waals surface area contributed by atoms with Crippen molar-refractivity contribution in [3.8, 4) is 0 Å². The first-order valence-corrected chi connectivity index (χ1v) is 10.9. The largest absolute Gasteiger partial charge is 0.476 e. The number of rotatable bonds is 5. The van der Waals surface area contributed by atoms with Gasteiger partial charge < -0.3 is 13.0 Å². The number of hydrogen-bond acceptors (Lipinski definition) is 3. The minimum absolute atomic E-state index is 0.624. The summed E-state index contributed by atoms with van der Waals surface area (Å²) in [7, 11) is -4.45. The van der Waals surface area contributed by atoms with Crippen LogP contribution in [0.2, 0.25) is 32.2 Å². The van der Waals surface area contributed by atoms with E-state index in [1.165, 1.54) is 0 Å². The van der Waals surface area contributed by atoms with Gasteiger partial charge in [0, 0.05) is 6.04 Å². The van der Waals surface area contributed by atoms with Gasteiger partial charge in [-0.25, -0.2) is 0 Å². The van der Waals surface area contributed by atoms with E-state index in [4.69, 9.17) is 8.23 Å². The highest BCUT2D eigenvalue weighted by Gasteiger charge is 2.36. The molecule has 0 saturated carbocycles. The molecule has 0 rings (SSSR count). The summed E-state index contributed by atoms with van der Waals surface area (Å²) in [5, 5.41) is 0. The summed E-state index contributed by atoms with van der Waals surface area (Å²) in [6.07, 6.45) is 0. The lowest BCUT2D eigenvalue weighted by atomic mass is 11.0. The summed E-state index contributed by atoms with van der Waals surface area (Å²) in [5.74, 6) is 0. The molecule has 1 N–H and O–H groups in total. The highest BCUT2D eigenvalue weighted by Crippen LogP contribution is 2.12. The van der Waals surface area contributed by atoms with Crippen LogP contribution >= 0.6 is 0 Å². The molecule has 0 bridgehead atoms. The van der Waals surface area contributed by atoms with Crippen LogP contribution in [-0.4, -0.2) is 31.7 Å². The van der Waals surface area contributed by atoms with Gasteiger partial charge in [0.1, 0.15) is 0 Å². The van der Waals surface area contributed by atoms with Gasteiger partial charge >= 0.3 is 8.80 Å². The topological polar surface area (TPSA) is 38.7 Å². The molecule has 12 heavy (non-hydrogen) atoms. The van der Waals surface area contributed by atoms with Crippen molar-refractivity contribution in [1.82, 2.24) is 0 Å². The van der Waals surface area contributed by atoms with Gasteiger partial charge in [0.15, 0.2) is 18.1 Å².